The smallest absolute Gasteiger partial charge is 0.0932 e. The van der Waals surface area contributed by atoms with Crippen molar-refractivity contribution in [1.82, 2.24) is 0 Å². The van der Waals surface area contributed by atoms with Crippen molar-refractivity contribution in [2.45, 2.75) is 37.7 Å². The minimum atomic E-state index is -0.0854. The Balaban J connectivity index is 1.84. The molecule has 1 aliphatic carbocycles. The Morgan fingerprint density at radius 2 is 1.83 bits per heavy atom. The Morgan fingerprint density at radius 3 is 2.33 bits per heavy atom. The van der Waals surface area contributed by atoms with Crippen LogP contribution in [0.3, 0.4) is 0 Å². The number of hydrogen-bond donors (Lipinski definition) is 0. The molecule has 0 spiro atoms. The third kappa shape index (κ3) is 1.88. The SMILES string of the molecule is N#CCC12CCC(c3ccc(Br)cc3)(CC1)OC2. The van der Waals surface area contributed by atoms with Gasteiger partial charge in [-0.3, -0.25) is 0 Å². The summed E-state index contributed by atoms with van der Waals surface area (Å²) in [5, 5.41) is 8.93. The summed E-state index contributed by atoms with van der Waals surface area (Å²) < 4.78 is 7.28. The molecule has 3 aliphatic rings. The van der Waals surface area contributed by atoms with E-state index in [0.29, 0.717) is 6.42 Å². The third-order valence-electron chi connectivity index (χ3n) is 4.60. The van der Waals surface area contributed by atoms with Gasteiger partial charge in [0.05, 0.1) is 18.3 Å². The van der Waals surface area contributed by atoms with E-state index in [1.807, 2.05) is 0 Å². The lowest BCUT2D eigenvalue weighted by Crippen LogP contribution is -2.49. The van der Waals surface area contributed by atoms with Crippen LogP contribution in [0.25, 0.3) is 0 Å². The summed E-state index contributed by atoms with van der Waals surface area (Å²) in [5.41, 5.74) is 1.35. The van der Waals surface area contributed by atoms with E-state index >= 15 is 0 Å². The third-order valence-corrected chi connectivity index (χ3v) is 5.13. The van der Waals surface area contributed by atoms with E-state index in [-0.39, 0.29) is 11.0 Å². The number of rotatable bonds is 2. The zero-order valence-corrected chi connectivity index (χ0v) is 11.9. The molecule has 94 valence electrons. The lowest BCUT2D eigenvalue weighted by Gasteiger charge is -2.52. The highest BCUT2D eigenvalue weighted by molar-refractivity contribution is 9.10. The molecule has 3 heteroatoms. The zero-order valence-electron chi connectivity index (χ0n) is 10.3. The molecule has 2 nitrogen and oxygen atoms in total. The Bertz CT molecular complexity index is 464. The number of halogens is 1. The second kappa shape index (κ2) is 4.36. The van der Waals surface area contributed by atoms with E-state index in [1.165, 1.54) is 5.56 Å². The van der Waals surface area contributed by atoms with Gasteiger partial charge in [-0.25, -0.2) is 0 Å². The molecular formula is C15H16BrNO. The summed E-state index contributed by atoms with van der Waals surface area (Å²) in [4.78, 5) is 0. The number of nitrogens with zero attached hydrogens (tertiary/aromatic N) is 1. The van der Waals surface area contributed by atoms with Crippen LogP contribution in [0, 0.1) is 16.7 Å². The number of benzene rings is 1. The fourth-order valence-corrected chi connectivity index (χ4v) is 3.55. The van der Waals surface area contributed by atoms with Gasteiger partial charge in [0.15, 0.2) is 0 Å². The summed E-state index contributed by atoms with van der Waals surface area (Å²) >= 11 is 3.47. The van der Waals surface area contributed by atoms with Crippen LogP contribution in [0.1, 0.15) is 37.7 Å². The van der Waals surface area contributed by atoms with Crippen molar-refractivity contribution in [3.05, 3.63) is 34.3 Å². The van der Waals surface area contributed by atoms with E-state index in [0.717, 1.165) is 36.8 Å². The molecule has 0 N–H and O–H groups in total. The maximum Gasteiger partial charge on any atom is 0.0932 e. The van der Waals surface area contributed by atoms with Crippen LogP contribution in [0.4, 0.5) is 0 Å². The molecule has 3 fully saturated rings. The molecule has 2 bridgehead atoms. The van der Waals surface area contributed by atoms with Gasteiger partial charge in [0.1, 0.15) is 0 Å². The minimum Gasteiger partial charge on any atom is -0.370 e. The molecule has 0 amide bonds. The van der Waals surface area contributed by atoms with Gasteiger partial charge in [-0.05, 0) is 43.4 Å². The van der Waals surface area contributed by atoms with Crippen LogP contribution >= 0.6 is 15.9 Å². The van der Waals surface area contributed by atoms with Gasteiger partial charge >= 0.3 is 0 Å². The van der Waals surface area contributed by atoms with Gasteiger partial charge in [-0.1, -0.05) is 28.1 Å². The van der Waals surface area contributed by atoms with Crippen molar-refractivity contribution in [2.24, 2.45) is 5.41 Å². The molecular weight excluding hydrogens is 290 g/mol. The van der Waals surface area contributed by atoms with E-state index < -0.39 is 0 Å². The number of fused-ring (bicyclic) bond motifs is 3. The molecule has 0 unspecified atom stereocenters. The minimum absolute atomic E-state index is 0.0854. The van der Waals surface area contributed by atoms with E-state index in [1.54, 1.807) is 0 Å². The van der Waals surface area contributed by atoms with Crippen molar-refractivity contribution in [3.63, 3.8) is 0 Å². The van der Waals surface area contributed by atoms with E-state index in [2.05, 4.69) is 46.3 Å². The van der Waals surface area contributed by atoms with Gasteiger partial charge in [0.2, 0.25) is 0 Å². The van der Waals surface area contributed by atoms with Crippen molar-refractivity contribution in [2.75, 3.05) is 6.61 Å². The van der Waals surface area contributed by atoms with Crippen LogP contribution in [0.2, 0.25) is 0 Å². The molecule has 1 aromatic rings. The molecule has 0 atom stereocenters. The molecule has 2 aliphatic heterocycles. The second-order valence-electron chi connectivity index (χ2n) is 5.62. The Labute approximate surface area is 116 Å². The van der Waals surface area contributed by atoms with Crippen LogP contribution < -0.4 is 0 Å². The van der Waals surface area contributed by atoms with Crippen molar-refractivity contribution < 1.29 is 4.74 Å². The fourth-order valence-electron chi connectivity index (χ4n) is 3.29. The first-order chi connectivity index (χ1) is 8.68. The van der Waals surface area contributed by atoms with Gasteiger partial charge < -0.3 is 4.74 Å². The molecule has 1 aromatic carbocycles. The Hall–Kier alpha value is -0.850. The summed E-state index contributed by atoms with van der Waals surface area (Å²) in [6, 6.07) is 10.8. The lowest BCUT2D eigenvalue weighted by atomic mass is 9.63. The van der Waals surface area contributed by atoms with E-state index in [4.69, 9.17) is 10.00 Å². The van der Waals surface area contributed by atoms with Crippen LogP contribution in [-0.4, -0.2) is 6.61 Å². The normalized spacial score (nSPS) is 34.2. The first-order valence-corrected chi connectivity index (χ1v) is 7.24. The first-order valence-electron chi connectivity index (χ1n) is 6.45. The standard InChI is InChI=1S/C15H16BrNO/c16-13-3-1-12(2-4-13)15-7-5-14(6-8-15,9-10-17)11-18-15/h1-4H,5-9,11H2. The Morgan fingerprint density at radius 1 is 1.17 bits per heavy atom. The average Bonchev–Trinajstić information content (AvgIpc) is 2.42. The molecule has 1 saturated carbocycles. The maximum atomic E-state index is 8.93. The summed E-state index contributed by atoms with van der Waals surface area (Å²) in [5.74, 6) is 0. The molecule has 4 rings (SSSR count). The highest BCUT2D eigenvalue weighted by Gasteiger charge is 2.50. The molecule has 2 saturated heterocycles. The fraction of sp³-hybridized carbons (Fsp3) is 0.533. The van der Waals surface area contributed by atoms with Crippen LogP contribution in [0.5, 0.6) is 0 Å². The number of nitriles is 1. The maximum absolute atomic E-state index is 8.93. The quantitative estimate of drug-likeness (QED) is 0.822. The summed E-state index contributed by atoms with van der Waals surface area (Å²) in [6.07, 6.45) is 4.99. The average molecular weight is 306 g/mol. The monoisotopic (exact) mass is 305 g/mol. The van der Waals surface area contributed by atoms with Gasteiger partial charge in [-0.2, -0.15) is 5.26 Å². The van der Waals surface area contributed by atoms with E-state index in [9.17, 15) is 0 Å². The molecule has 0 aromatic heterocycles. The zero-order chi connectivity index (χ0) is 12.6. The number of ether oxygens (including phenoxy) is 1. The van der Waals surface area contributed by atoms with Gasteiger partial charge in [-0.15, -0.1) is 0 Å². The predicted molar refractivity (Wildman–Crippen MR) is 72.9 cm³/mol. The largest absolute Gasteiger partial charge is 0.370 e. The molecule has 0 radical (unpaired) electrons. The summed E-state index contributed by atoms with van der Waals surface area (Å²) in [7, 11) is 0. The van der Waals surface area contributed by atoms with Gasteiger partial charge in [0, 0.05) is 16.3 Å². The highest BCUT2D eigenvalue weighted by atomic mass is 79.9. The molecule has 18 heavy (non-hydrogen) atoms. The van der Waals surface area contributed by atoms with Crippen molar-refractivity contribution in [1.29, 1.82) is 5.26 Å². The van der Waals surface area contributed by atoms with Crippen LogP contribution in [0.15, 0.2) is 28.7 Å². The first kappa shape index (κ1) is 12.2. The topological polar surface area (TPSA) is 33.0 Å². The summed E-state index contributed by atoms with van der Waals surface area (Å²) in [6.45, 7) is 0.747. The lowest BCUT2D eigenvalue weighted by molar-refractivity contribution is -0.187. The highest BCUT2D eigenvalue weighted by Crippen LogP contribution is 2.54. The second-order valence-corrected chi connectivity index (χ2v) is 6.54. The van der Waals surface area contributed by atoms with Gasteiger partial charge in [0.25, 0.3) is 0 Å². The van der Waals surface area contributed by atoms with Crippen LogP contribution in [-0.2, 0) is 10.3 Å². The van der Waals surface area contributed by atoms with Crippen molar-refractivity contribution in [3.8, 4) is 6.07 Å². The predicted octanol–water partition coefficient (Wildman–Crippen LogP) is 4.15. The van der Waals surface area contributed by atoms with Crippen molar-refractivity contribution >= 4 is 15.9 Å². The Kier molecular flexibility index (Phi) is 2.96. The number of hydrogen-bond acceptors (Lipinski definition) is 2. The molecule has 2 heterocycles.